The summed E-state index contributed by atoms with van der Waals surface area (Å²) in [4.78, 5) is 86.4. The van der Waals surface area contributed by atoms with Crippen molar-refractivity contribution in [3.8, 4) is 0 Å². The van der Waals surface area contributed by atoms with Gasteiger partial charge in [0.25, 0.3) is 23.6 Å². The summed E-state index contributed by atoms with van der Waals surface area (Å²) in [6, 6.07) is 50.8. The molecule has 33 heteroatoms. The molecule has 3 fully saturated rings. The van der Waals surface area contributed by atoms with Gasteiger partial charge in [0, 0.05) is 123 Å². The summed E-state index contributed by atoms with van der Waals surface area (Å²) in [5, 5.41) is 41.4. The largest absolute Gasteiger partial charge is 0.356 e. The van der Waals surface area contributed by atoms with Crippen molar-refractivity contribution in [2.24, 2.45) is 0 Å². The van der Waals surface area contributed by atoms with Gasteiger partial charge in [-0.25, -0.2) is 38.7 Å². The predicted octanol–water partition coefficient (Wildman–Crippen LogP) is 18.2. The number of nitrogens with zero attached hydrogens (tertiary/aromatic N) is 12. The third-order valence-corrected chi connectivity index (χ3v) is 19.6. The van der Waals surface area contributed by atoms with E-state index in [9.17, 15) is 28.0 Å². The molecule has 9 heterocycles. The molecule has 9 N–H and O–H groups in total. The van der Waals surface area contributed by atoms with E-state index in [1.807, 2.05) is 86.3 Å². The summed E-state index contributed by atoms with van der Waals surface area (Å²) in [5.74, 6) is 3.12. The zero-order valence-electron chi connectivity index (χ0n) is 56.6. The standard InChI is InChI=1S/C25H22ClN7O2S.2C24H21ClFN7OS.8H2/c1-15-13-22(32-31-15)29-21-14-20(24(35)33-11-4-12-33)28-25(30-21)36-17-9-7-16(8-10-17)27-23(34)18-5-2-3-6-19(18)26;1-14-12-20(32-31-14)28-19-13-21(33-10-3-11-33)30-24(29-19)35-16-8-6-15(7-9-16)27-23(34)17-4-2-5-18(25)22(17)26;1-14-10-21(32-31-14)28-20-11-22(33-12-15(26)13-33)30-24(29-20)35-17-8-6-16(7-9-17)27-23(34)18-4-2-3-5-19(18)25;;;;;;;;/h2-3,5-10,13-14H,4,11-12H2,1H3,(H,27,34)(H2,28,29,30,31,32);2,4-9,12-13H,3,10-11H2,1H3,(H,27,34)(H2,28,29,30,31,32);2-11,15H,12-13H2,1H3,(H,27,34)(H2,28,29,30,31,32);8*1H. The molecule has 6 aromatic carbocycles. The van der Waals surface area contributed by atoms with Crippen LogP contribution in [0.5, 0.6) is 0 Å². The number of hydrogen-bond donors (Lipinski definition) is 9. The summed E-state index contributed by atoms with van der Waals surface area (Å²) in [6.45, 7) is 9.74. The van der Waals surface area contributed by atoms with Crippen molar-refractivity contribution in [3.63, 3.8) is 0 Å². The van der Waals surface area contributed by atoms with Crippen LogP contribution < -0.4 is 41.7 Å². The smallest absolute Gasteiger partial charge is 0.272 e. The summed E-state index contributed by atoms with van der Waals surface area (Å²) in [6.07, 6.45) is 1.29. The lowest BCUT2D eigenvalue weighted by atomic mass is 10.2. The van der Waals surface area contributed by atoms with Crippen molar-refractivity contribution in [1.29, 1.82) is 0 Å². The number of rotatable bonds is 21. The number of amides is 4. The molecule has 0 saturated carbocycles. The number of likely N-dealkylation sites (tertiary alicyclic amines) is 1. The predicted molar refractivity (Wildman–Crippen MR) is 427 cm³/mol. The summed E-state index contributed by atoms with van der Waals surface area (Å²) < 4.78 is 27.6. The molecule has 106 heavy (non-hydrogen) atoms. The summed E-state index contributed by atoms with van der Waals surface area (Å²) in [7, 11) is 0. The number of alkyl halides is 1. The number of carbonyl (C=O) groups is 4. The first-order chi connectivity index (χ1) is 51.3. The van der Waals surface area contributed by atoms with Gasteiger partial charge in [0.1, 0.15) is 41.0 Å². The molecule has 0 spiro atoms. The number of anilines is 11. The fraction of sp³-hybridized carbons (Fsp3) is 0.164. The van der Waals surface area contributed by atoms with Crippen LogP contribution in [0.4, 0.5) is 72.4 Å². The first kappa shape index (κ1) is 73.2. The second-order valence-electron chi connectivity index (χ2n) is 24.2. The number of hydrogen-bond acceptors (Lipinski definition) is 21. The van der Waals surface area contributed by atoms with Crippen LogP contribution in [-0.4, -0.2) is 134 Å². The summed E-state index contributed by atoms with van der Waals surface area (Å²) >= 11 is 22.1. The van der Waals surface area contributed by atoms with E-state index >= 15 is 0 Å². The Morgan fingerprint density at radius 3 is 1.20 bits per heavy atom. The zero-order valence-corrected chi connectivity index (χ0v) is 61.3. The normalized spacial score (nSPS) is 13.0. The van der Waals surface area contributed by atoms with Gasteiger partial charge in [0.15, 0.2) is 38.7 Å². The van der Waals surface area contributed by atoms with Gasteiger partial charge >= 0.3 is 0 Å². The average molecular weight is 1560 g/mol. The molecule has 0 bridgehead atoms. The van der Waals surface area contributed by atoms with E-state index in [0.29, 0.717) is 113 Å². The van der Waals surface area contributed by atoms with Crippen LogP contribution in [0, 0.1) is 26.6 Å². The Hall–Kier alpha value is -11.2. The van der Waals surface area contributed by atoms with Crippen LogP contribution in [0.2, 0.25) is 15.1 Å². The molecule has 6 aromatic heterocycles. The maximum atomic E-state index is 14.1. The van der Waals surface area contributed by atoms with Gasteiger partial charge in [-0.2, -0.15) is 15.3 Å². The number of benzene rings is 6. The molecule has 3 saturated heterocycles. The van der Waals surface area contributed by atoms with Crippen LogP contribution >= 0.6 is 70.1 Å². The number of nitrogens with one attached hydrogen (secondary N) is 9. The minimum absolute atomic E-state index is 0. The molecule has 3 aliphatic heterocycles. The fourth-order valence-corrected chi connectivity index (χ4v) is 13.3. The Balaban J connectivity index is 0.000000295. The molecule has 25 nitrogen and oxygen atoms in total. The lowest BCUT2D eigenvalue weighted by Gasteiger charge is -2.35. The Kier molecular flexibility index (Phi) is 23.3. The maximum absolute atomic E-state index is 14.1. The van der Waals surface area contributed by atoms with Crippen LogP contribution in [0.15, 0.2) is 206 Å². The molecule has 0 aliphatic carbocycles. The maximum Gasteiger partial charge on any atom is 0.272 e. The third kappa shape index (κ3) is 19.2. The van der Waals surface area contributed by atoms with E-state index in [-0.39, 0.29) is 39.7 Å². The van der Waals surface area contributed by atoms with Crippen molar-refractivity contribution >= 4 is 157 Å². The second-order valence-corrected chi connectivity index (χ2v) is 28.5. The van der Waals surface area contributed by atoms with E-state index < -0.39 is 17.9 Å². The molecule has 0 radical (unpaired) electrons. The van der Waals surface area contributed by atoms with Gasteiger partial charge in [0.2, 0.25) is 0 Å². The van der Waals surface area contributed by atoms with Crippen LogP contribution in [0.25, 0.3) is 0 Å². The van der Waals surface area contributed by atoms with Crippen LogP contribution in [0.1, 0.15) is 82.9 Å². The van der Waals surface area contributed by atoms with E-state index in [1.165, 1.54) is 53.5 Å². The summed E-state index contributed by atoms with van der Waals surface area (Å²) in [5.41, 5.74) is 5.59. The molecule has 0 atom stereocenters. The molecular weight excluding hydrogens is 1480 g/mol. The minimum atomic E-state index is -0.847. The lowest BCUT2D eigenvalue weighted by molar-refractivity contribution is 0.0644. The average Bonchev–Trinajstić information content (AvgIpc) is 1.08. The molecule has 15 rings (SSSR count). The van der Waals surface area contributed by atoms with E-state index in [2.05, 4.69) is 92.3 Å². The van der Waals surface area contributed by atoms with Gasteiger partial charge in [-0.15, -0.1) is 0 Å². The van der Waals surface area contributed by atoms with Crippen molar-refractivity contribution in [3.05, 3.63) is 236 Å². The number of aromatic nitrogens is 12. The highest BCUT2D eigenvalue weighted by Gasteiger charge is 2.29. The monoisotopic (exact) mass is 1550 g/mol. The molecular formula is C73H80Cl3F2N21O4S3. The Labute approximate surface area is 645 Å². The molecule has 3 aliphatic rings. The van der Waals surface area contributed by atoms with Crippen molar-refractivity contribution in [2.75, 3.05) is 81.0 Å². The SMILES string of the molecule is Cc1cc(Nc2cc(C(=O)N3CCC3)nc(Sc3ccc(NC(=O)c4ccccc4Cl)cc3)n2)n[nH]1.Cc1cc(Nc2cc(N3CC(F)C3)nc(Sc3ccc(NC(=O)c4ccccc4Cl)cc3)n2)n[nH]1.Cc1cc(Nc2cc(N3CCC3)nc(Sc3ccc(NC(=O)c4cccc(Cl)c4F)cc3)n2)n[nH]1.[HH].[HH].[HH].[HH].[HH].[HH].[HH].[HH]. The van der Waals surface area contributed by atoms with E-state index in [0.717, 1.165) is 76.6 Å². The van der Waals surface area contributed by atoms with E-state index in [4.69, 9.17) is 39.8 Å². The molecule has 0 unspecified atom stereocenters. The number of aromatic amines is 3. The van der Waals surface area contributed by atoms with Gasteiger partial charge in [-0.3, -0.25) is 34.5 Å². The number of aryl methyl sites for hydroxylation is 3. The lowest BCUT2D eigenvalue weighted by Crippen LogP contribution is -2.48. The van der Waals surface area contributed by atoms with Gasteiger partial charge < -0.3 is 46.6 Å². The Morgan fingerprint density at radius 1 is 0.443 bits per heavy atom. The second kappa shape index (κ2) is 33.7. The molecule has 4 amide bonds. The molecule has 12 aromatic rings. The number of carbonyl (C=O) groups excluding carboxylic acids is 4. The highest BCUT2D eigenvalue weighted by Crippen LogP contribution is 2.35. The van der Waals surface area contributed by atoms with E-state index in [1.54, 1.807) is 102 Å². The minimum Gasteiger partial charge on any atom is -0.356 e. The number of halogens is 5. The quantitative estimate of drug-likeness (QED) is 0.0302. The van der Waals surface area contributed by atoms with Crippen molar-refractivity contribution in [1.82, 2.24) is 65.4 Å². The molecule has 554 valence electrons. The fourth-order valence-electron chi connectivity index (χ4n) is 10.4. The Morgan fingerprint density at radius 2 is 0.821 bits per heavy atom. The van der Waals surface area contributed by atoms with Gasteiger partial charge in [0.05, 0.1) is 44.8 Å². The van der Waals surface area contributed by atoms with Crippen molar-refractivity contribution < 1.29 is 39.4 Å². The van der Waals surface area contributed by atoms with Gasteiger partial charge in [-0.1, -0.05) is 65.1 Å². The van der Waals surface area contributed by atoms with Crippen LogP contribution in [-0.2, 0) is 0 Å². The highest BCUT2D eigenvalue weighted by molar-refractivity contribution is 7.99. The highest BCUT2D eigenvalue weighted by atomic mass is 35.5. The topological polar surface area (TPSA) is 314 Å². The van der Waals surface area contributed by atoms with Crippen molar-refractivity contribution in [2.45, 2.75) is 69.9 Å². The Bertz CT molecular complexity index is 5200. The first-order valence-corrected chi connectivity index (χ1v) is 36.6. The zero-order chi connectivity index (χ0) is 73.8. The third-order valence-electron chi connectivity index (χ3n) is 16.1. The number of H-pyrrole nitrogens is 3. The van der Waals surface area contributed by atoms with Crippen LogP contribution in [0.3, 0.4) is 0 Å². The first-order valence-electron chi connectivity index (χ1n) is 33.0. The van der Waals surface area contributed by atoms with Gasteiger partial charge in [-0.05, 0) is 178 Å².